The molecule has 0 aromatic heterocycles. The molecule has 0 heterocycles. The second-order valence-electron chi connectivity index (χ2n) is 7.77. The van der Waals surface area contributed by atoms with Gasteiger partial charge in [-0.2, -0.15) is 0 Å². The molecule has 0 aliphatic heterocycles. The average molecular weight is 431 g/mol. The van der Waals surface area contributed by atoms with Gasteiger partial charge in [-0.15, -0.1) is 0 Å². The molecule has 2 aromatic carbocycles. The van der Waals surface area contributed by atoms with E-state index >= 15 is 0 Å². The number of carbonyl (C=O) groups excluding carboxylic acids is 1. The van der Waals surface area contributed by atoms with Crippen LogP contribution in [0.1, 0.15) is 57.1 Å². The van der Waals surface area contributed by atoms with Crippen LogP contribution in [0, 0.1) is 0 Å². The Kier molecular flexibility index (Phi) is 7.87. The molecule has 0 bridgehead atoms. The van der Waals surface area contributed by atoms with Gasteiger partial charge in [0.1, 0.15) is 5.75 Å². The average Bonchev–Trinajstić information content (AvgIpc) is 3.01. The van der Waals surface area contributed by atoms with Crippen LogP contribution in [0.15, 0.2) is 59.5 Å². The molecule has 30 heavy (non-hydrogen) atoms. The van der Waals surface area contributed by atoms with Crippen LogP contribution in [-0.4, -0.2) is 27.0 Å². The second-order valence-corrected chi connectivity index (χ2v) is 9.48. The van der Waals surface area contributed by atoms with E-state index in [1.807, 2.05) is 30.3 Å². The second kappa shape index (κ2) is 10.6. The quantitative estimate of drug-likeness (QED) is 0.621. The van der Waals surface area contributed by atoms with Gasteiger partial charge in [-0.25, -0.2) is 13.1 Å². The zero-order valence-electron chi connectivity index (χ0n) is 17.3. The first-order chi connectivity index (χ1) is 14.4. The first-order valence-electron chi connectivity index (χ1n) is 10.5. The molecular formula is C23H30N2O4S. The highest BCUT2D eigenvalue weighted by Crippen LogP contribution is 2.20. The topological polar surface area (TPSA) is 84.5 Å². The zero-order valence-corrected chi connectivity index (χ0v) is 18.2. The van der Waals surface area contributed by atoms with Crippen molar-refractivity contribution in [2.24, 2.45) is 0 Å². The number of benzene rings is 2. The van der Waals surface area contributed by atoms with Gasteiger partial charge >= 0.3 is 0 Å². The fourth-order valence-corrected chi connectivity index (χ4v) is 4.90. The summed E-state index contributed by atoms with van der Waals surface area (Å²) in [6.07, 6.45) is 6.81. The minimum Gasteiger partial charge on any atom is -0.484 e. The Hall–Kier alpha value is -2.38. The maximum Gasteiger partial charge on any atom is 0.258 e. The van der Waals surface area contributed by atoms with Crippen molar-refractivity contribution in [3.63, 3.8) is 0 Å². The molecule has 0 unspecified atom stereocenters. The molecule has 1 atom stereocenters. The number of ether oxygens (including phenoxy) is 1. The first kappa shape index (κ1) is 22.3. The SMILES string of the molecule is C[C@H](NS(=O)(=O)c1ccc(OCC(=O)NC2CCCCCC2)cc1)c1ccccc1. The molecule has 1 aliphatic carbocycles. The summed E-state index contributed by atoms with van der Waals surface area (Å²) < 4.78 is 33.5. The van der Waals surface area contributed by atoms with Crippen molar-refractivity contribution < 1.29 is 17.9 Å². The first-order valence-corrected chi connectivity index (χ1v) is 12.0. The number of sulfonamides is 1. The molecule has 1 fully saturated rings. The Labute approximate surface area is 179 Å². The van der Waals surface area contributed by atoms with Gasteiger partial charge in [-0.05, 0) is 49.6 Å². The standard InChI is InChI=1S/C23H30N2O4S/c1-18(19-9-5-4-6-10-19)25-30(27,28)22-15-13-21(14-16-22)29-17-23(26)24-20-11-7-2-3-8-12-20/h4-6,9-10,13-16,18,20,25H,2-3,7-8,11-12,17H2,1H3,(H,24,26)/t18-/m0/s1. The molecule has 0 radical (unpaired) electrons. The third kappa shape index (κ3) is 6.57. The third-order valence-corrected chi connectivity index (χ3v) is 6.91. The molecular weight excluding hydrogens is 400 g/mol. The Bertz CT molecular complexity index is 906. The van der Waals surface area contributed by atoms with Crippen LogP contribution >= 0.6 is 0 Å². The van der Waals surface area contributed by atoms with Crippen molar-refractivity contribution in [1.29, 1.82) is 0 Å². The summed E-state index contributed by atoms with van der Waals surface area (Å²) in [5, 5.41) is 3.03. The van der Waals surface area contributed by atoms with Crippen LogP contribution < -0.4 is 14.8 Å². The maximum atomic E-state index is 12.6. The Balaban J connectivity index is 1.51. The summed E-state index contributed by atoms with van der Waals surface area (Å²) in [6.45, 7) is 1.73. The zero-order chi connectivity index (χ0) is 21.4. The van der Waals surface area contributed by atoms with Crippen LogP contribution in [-0.2, 0) is 14.8 Å². The van der Waals surface area contributed by atoms with Crippen LogP contribution in [0.5, 0.6) is 5.75 Å². The number of hydrogen-bond donors (Lipinski definition) is 2. The highest BCUT2D eigenvalue weighted by atomic mass is 32.2. The fraction of sp³-hybridized carbons (Fsp3) is 0.435. The molecule has 162 valence electrons. The van der Waals surface area contributed by atoms with E-state index in [1.165, 1.54) is 25.0 Å². The monoisotopic (exact) mass is 430 g/mol. The van der Waals surface area contributed by atoms with Crippen molar-refractivity contribution in [3.05, 3.63) is 60.2 Å². The number of amides is 1. The number of hydrogen-bond acceptors (Lipinski definition) is 4. The Morgan fingerprint density at radius 2 is 1.63 bits per heavy atom. The Morgan fingerprint density at radius 1 is 1.00 bits per heavy atom. The van der Waals surface area contributed by atoms with E-state index in [0.29, 0.717) is 5.75 Å². The van der Waals surface area contributed by atoms with Crippen molar-refractivity contribution in [2.75, 3.05) is 6.61 Å². The molecule has 2 aromatic rings. The van der Waals surface area contributed by atoms with Crippen molar-refractivity contribution >= 4 is 15.9 Å². The van der Waals surface area contributed by atoms with E-state index in [1.54, 1.807) is 19.1 Å². The van der Waals surface area contributed by atoms with Gasteiger partial charge in [0.25, 0.3) is 5.91 Å². The van der Waals surface area contributed by atoms with Gasteiger partial charge in [0, 0.05) is 12.1 Å². The Morgan fingerprint density at radius 3 is 2.27 bits per heavy atom. The largest absolute Gasteiger partial charge is 0.484 e. The lowest BCUT2D eigenvalue weighted by molar-refractivity contribution is -0.123. The molecule has 3 rings (SSSR count). The van der Waals surface area contributed by atoms with Gasteiger partial charge in [0.2, 0.25) is 10.0 Å². The van der Waals surface area contributed by atoms with Gasteiger partial charge in [-0.1, -0.05) is 56.0 Å². The number of nitrogens with one attached hydrogen (secondary N) is 2. The van der Waals surface area contributed by atoms with Crippen LogP contribution in [0.2, 0.25) is 0 Å². The summed E-state index contributed by atoms with van der Waals surface area (Å²) in [5.41, 5.74) is 0.890. The number of carbonyl (C=O) groups is 1. The molecule has 2 N–H and O–H groups in total. The molecule has 1 saturated carbocycles. The third-order valence-electron chi connectivity index (χ3n) is 5.36. The summed E-state index contributed by atoms with van der Waals surface area (Å²) in [5.74, 6) is 0.318. The minimum absolute atomic E-state index is 0.0775. The van der Waals surface area contributed by atoms with Gasteiger partial charge in [0.15, 0.2) is 6.61 Å². The van der Waals surface area contributed by atoms with Crippen molar-refractivity contribution in [1.82, 2.24) is 10.0 Å². The van der Waals surface area contributed by atoms with E-state index in [9.17, 15) is 13.2 Å². The lowest BCUT2D eigenvalue weighted by Crippen LogP contribution is -2.37. The van der Waals surface area contributed by atoms with E-state index < -0.39 is 10.0 Å². The van der Waals surface area contributed by atoms with E-state index in [-0.39, 0.29) is 29.5 Å². The van der Waals surface area contributed by atoms with Gasteiger partial charge < -0.3 is 10.1 Å². The predicted octanol–water partition coefficient (Wildman–Crippen LogP) is 3.94. The van der Waals surface area contributed by atoms with Crippen LogP contribution in [0.3, 0.4) is 0 Å². The van der Waals surface area contributed by atoms with Gasteiger partial charge in [0.05, 0.1) is 4.90 Å². The predicted molar refractivity (Wildman–Crippen MR) is 117 cm³/mol. The lowest BCUT2D eigenvalue weighted by Gasteiger charge is -2.16. The van der Waals surface area contributed by atoms with Crippen molar-refractivity contribution in [3.8, 4) is 5.75 Å². The molecule has 6 nitrogen and oxygen atoms in total. The summed E-state index contributed by atoms with van der Waals surface area (Å²) >= 11 is 0. The van der Waals surface area contributed by atoms with Crippen LogP contribution in [0.4, 0.5) is 0 Å². The van der Waals surface area contributed by atoms with E-state index in [2.05, 4.69) is 10.0 Å². The molecule has 1 aliphatic rings. The van der Waals surface area contributed by atoms with E-state index in [0.717, 1.165) is 31.2 Å². The maximum absolute atomic E-state index is 12.6. The molecule has 7 heteroatoms. The fourth-order valence-electron chi connectivity index (χ4n) is 3.67. The molecule has 1 amide bonds. The summed E-state index contributed by atoms with van der Waals surface area (Å²) in [4.78, 5) is 12.3. The summed E-state index contributed by atoms with van der Waals surface area (Å²) in [6, 6.07) is 15.4. The molecule has 0 saturated heterocycles. The van der Waals surface area contributed by atoms with E-state index in [4.69, 9.17) is 4.74 Å². The smallest absolute Gasteiger partial charge is 0.258 e. The highest BCUT2D eigenvalue weighted by Gasteiger charge is 2.19. The van der Waals surface area contributed by atoms with Crippen molar-refractivity contribution in [2.45, 2.75) is 62.4 Å². The minimum atomic E-state index is -3.66. The number of rotatable bonds is 8. The normalized spacial score (nSPS) is 16.4. The highest BCUT2D eigenvalue weighted by molar-refractivity contribution is 7.89. The van der Waals surface area contributed by atoms with Crippen LogP contribution in [0.25, 0.3) is 0 Å². The van der Waals surface area contributed by atoms with Gasteiger partial charge in [-0.3, -0.25) is 4.79 Å². The summed E-state index contributed by atoms with van der Waals surface area (Å²) in [7, 11) is -3.66. The molecule has 0 spiro atoms. The lowest BCUT2D eigenvalue weighted by atomic mass is 10.1.